The van der Waals surface area contributed by atoms with Crippen LogP contribution in [0.15, 0.2) is 22.7 Å². The van der Waals surface area contributed by atoms with Crippen molar-refractivity contribution in [2.45, 2.75) is 12.8 Å². The lowest BCUT2D eigenvalue weighted by molar-refractivity contribution is -0.130. The van der Waals surface area contributed by atoms with E-state index in [-0.39, 0.29) is 11.4 Å². The minimum atomic E-state index is -1.01. The maximum Gasteiger partial charge on any atom is 0.335 e. The van der Waals surface area contributed by atoms with Gasteiger partial charge in [0.25, 0.3) is 0 Å². The van der Waals surface area contributed by atoms with Crippen LogP contribution in [0.4, 0.5) is 4.39 Å². The van der Waals surface area contributed by atoms with Crippen molar-refractivity contribution in [3.05, 3.63) is 39.6 Å². The number of aliphatic carboxylic acids is 1. The lowest BCUT2D eigenvalue weighted by Gasteiger charge is -2.16. The summed E-state index contributed by atoms with van der Waals surface area (Å²) in [6.07, 6.45) is 2.77. The fraction of sp³-hybridized carbons (Fsp3) is 0.182. The largest absolute Gasteiger partial charge is 0.478 e. The maximum absolute atomic E-state index is 13.5. The fourth-order valence-corrected chi connectivity index (χ4v) is 2.20. The number of benzene rings is 1. The van der Waals surface area contributed by atoms with Crippen molar-refractivity contribution in [2.24, 2.45) is 0 Å². The summed E-state index contributed by atoms with van der Waals surface area (Å²) in [7, 11) is 0. The van der Waals surface area contributed by atoms with Gasteiger partial charge in [-0.05, 0) is 36.1 Å². The summed E-state index contributed by atoms with van der Waals surface area (Å²) >= 11 is 3.16. The Morgan fingerprint density at radius 3 is 2.87 bits per heavy atom. The third-order valence-electron chi connectivity index (χ3n) is 2.42. The molecule has 1 aromatic rings. The molecule has 0 atom stereocenters. The average molecular weight is 271 g/mol. The number of carbonyl (C=O) groups is 1. The number of hydrogen-bond donors (Lipinski definition) is 1. The Morgan fingerprint density at radius 2 is 2.20 bits per heavy atom. The Bertz CT molecular complexity index is 466. The summed E-state index contributed by atoms with van der Waals surface area (Å²) in [5.41, 5.74) is 1.18. The van der Waals surface area contributed by atoms with Crippen LogP contribution >= 0.6 is 15.9 Å². The molecule has 4 heteroatoms. The van der Waals surface area contributed by atoms with E-state index in [4.69, 9.17) is 5.11 Å². The van der Waals surface area contributed by atoms with Crippen molar-refractivity contribution in [3.8, 4) is 0 Å². The van der Waals surface area contributed by atoms with Gasteiger partial charge in [-0.2, -0.15) is 0 Å². The van der Waals surface area contributed by atoms with Crippen LogP contribution in [0, 0.1) is 5.82 Å². The smallest absolute Gasteiger partial charge is 0.335 e. The molecule has 1 aliphatic rings. The molecule has 0 unspecified atom stereocenters. The topological polar surface area (TPSA) is 37.3 Å². The van der Waals surface area contributed by atoms with E-state index in [1.165, 1.54) is 6.07 Å². The highest BCUT2D eigenvalue weighted by Crippen LogP contribution is 2.31. The molecule has 0 radical (unpaired) electrons. The van der Waals surface area contributed by atoms with Crippen LogP contribution in [-0.2, 0) is 11.2 Å². The Hall–Kier alpha value is -1.16. The third-order valence-corrected chi connectivity index (χ3v) is 2.88. The predicted octanol–water partition coefficient (Wildman–Crippen LogP) is 3.00. The molecular weight excluding hydrogens is 263 g/mol. The Kier molecular flexibility index (Phi) is 2.61. The number of carboxylic acid groups (broad SMARTS) is 1. The highest BCUT2D eigenvalue weighted by molar-refractivity contribution is 9.10. The summed E-state index contributed by atoms with van der Waals surface area (Å²) in [6.45, 7) is 0. The number of carboxylic acids is 1. The number of rotatable bonds is 1. The molecule has 0 aromatic heterocycles. The van der Waals surface area contributed by atoms with Gasteiger partial charge in [0.05, 0.1) is 5.57 Å². The van der Waals surface area contributed by atoms with E-state index in [2.05, 4.69) is 15.9 Å². The van der Waals surface area contributed by atoms with Crippen LogP contribution in [0.2, 0.25) is 0 Å². The van der Waals surface area contributed by atoms with E-state index >= 15 is 0 Å². The Labute approximate surface area is 94.5 Å². The van der Waals surface area contributed by atoms with Gasteiger partial charge in [0.1, 0.15) is 5.82 Å². The van der Waals surface area contributed by atoms with Gasteiger partial charge in [0, 0.05) is 4.47 Å². The molecule has 0 fully saturated rings. The number of halogens is 2. The normalized spacial score (nSPS) is 14.4. The second-order valence-corrected chi connectivity index (χ2v) is 4.29. The summed E-state index contributed by atoms with van der Waals surface area (Å²) in [5, 5.41) is 8.96. The molecule has 0 saturated carbocycles. The Balaban J connectivity index is 2.64. The first-order chi connectivity index (χ1) is 7.09. The van der Waals surface area contributed by atoms with Crippen molar-refractivity contribution >= 4 is 27.5 Å². The SMILES string of the molecule is O=C(O)C1=CCCc2c(F)cc(Br)cc21. The lowest BCUT2D eigenvalue weighted by atomic mass is 9.90. The molecule has 0 amide bonds. The van der Waals surface area contributed by atoms with Crippen LogP contribution in [0.1, 0.15) is 17.5 Å². The van der Waals surface area contributed by atoms with Gasteiger partial charge in [0.2, 0.25) is 0 Å². The number of allylic oxidation sites excluding steroid dienone is 1. The number of hydrogen-bond acceptors (Lipinski definition) is 1. The van der Waals surface area contributed by atoms with Crippen LogP contribution in [0.25, 0.3) is 5.57 Å². The van der Waals surface area contributed by atoms with Crippen molar-refractivity contribution in [3.63, 3.8) is 0 Å². The van der Waals surface area contributed by atoms with Crippen LogP contribution in [0.3, 0.4) is 0 Å². The zero-order valence-corrected chi connectivity index (χ0v) is 9.34. The monoisotopic (exact) mass is 270 g/mol. The van der Waals surface area contributed by atoms with Crippen molar-refractivity contribution in [1.29, 1.82) is 0 Å². The minimum absolute atomic E-state index is 0.191. The molecule has 1 N–H and O–H groups in total. The summed E-state index contributed by atoms with van der Waals surface area (Å²) in [5.74, 6) is -1.35. The van der Waals surface area contributed by atoms with E-state index in [0.717, 1.165) is 0 Å². The number of fused-ring (bicyclic) bond motifs is 1. The highest BCUT2D eigenvalue weighted by Gasteiger charge is 2.21. The van der Waals surface area contributed by atoms with Gasteiger partial charge in [-0.15, -0.1) is 0 Å². The average Bonchev–Trinajstić information content (AvgIpc) is 2.16. The molecule has 0 spiro atoms. The molecular formula is C11H8BrFO2. The van der Waals surface area contributed by atoms with Crippen molar-refractivity contribution in [1.82, 2.24) is 0 Å². The molecule has 2 nitrogen and oxygen atoms in total. The first kappa shape index (κ1) is 10.4. The maximum atomic E-state index is 13.5. The van der Waals surface area contributed by atoms with Gasteiger partial charge in [-0.25, -0.2) is 9.18 Å². The molecule has 15 heavy (non-hydrogen) atoms. The minimum Gasteiger partial charge on any atom is -0.478 e. The molecule has 1 aliphatic carbocycles. The second kappa shape index (κ2) is 3.77. The molecule has 0 bridgehead atoms. The summed E-state index contributed by atoms with van der Waals surface area (Å²) in [4.78, 5) is 10.9. The van der Waals surface area contributed by atoms with Crippen LogP contribution in [-0.4, -0.2) is 11.1 Å². The van der Waals surface area contributed by atoms with Crippen LogP contribution in [0.5, 0.6) is 0 Å². The van der Waals surface area contributed by atoms with Gasteiger partial charge >= 0.3 is 5.97 Å². The standard InChI is InChI=1S/C11H8BrFO2/c12-6-4-9-7(10(13)5-6)2-1-3-8(9)11(14)15/h3-5H,1-2H2,(H,14,15). The van der Waals surface area contributed by atoms with Gasteiger partial charge < -0.3 is 5.11 Å². The van der Waals surface area contributed by atoms with E-state index in [1.54, 1.807) is 12.1 Å². The fourth-order valence-electron chi connectivity index (χ4n) is 1.77. The summed E-state index contributed by atoms with van der Waals surface area (Å²) < 4.78 is 14.1. The molecule has 0 heterocycles. The molecule has 2 rings (SSSR count). The summed E-state index contributed by atoms with van der Waals surface area (Å²) in [6, 6.07) is 3.02. The van der Waals surface area contributed by atoms with Gasteiger partial charge in [-0.1, -0.05) is 22.0 Å². The van der Waals surface area contributed by atoms with E-state index < -0.39 is 5.97 Å². The quantitative estimate of drug-likeness (QED) is 0.852. The van der Waals surface area contributed by atoms with E-state index in [1.807, 2.05) is 0 Å². The third kappa shape index (κ3) is 1.81. The van der Waals surface area contributed by atoms with Gasteiger partial charge in [-0.3, -0.25) is 0 Å². The molecule has 0 aliphatic heterocycles. The highest BCUT2D eigenvalue weighted by atomic mass is 79.9. The zero-order chi connectivity index (χ0) is 11.0. The molecule has 78 valence electrons. The first-order valence-electron chi connectivity index (χ1n) is 4.51. The van der Waals surface area contributed by atoms with Crippen molar-refractivity contribution in [2.75, 3.05) is 0 Å². The lowest BCUT2D eigenvalue weighted by Crippen LogP contribution is -2.09. The molecule has 1 aromatic carbocycles. The van der Waals surface area contributed by atoms with Crippen molar-refractivity contribution < 1.29 is 14.3 Å². The van der Waals surface area contributed by atoms with Gasteiger partial charge in [0.15, 0.2) is 0 Å². The Morgan fingerprint density at radius 1 is 1.47 bits per heavy atom. The molecule has 0 saturated heterocycles. The van der Waals surface area contributed by atoms with E-state index in [0.29, 0.717) is 28.4 Å². The second-order valence-electron chi connectivity index (χ2n) is 3.38. The zero-order valence-electron chi connectivity index (χ0n) is 7.76. The van der Waals surface area contributed by atoms with E-state index in [9.17, 15) is 9.18 Å². The predicted molar refractivity (Wildman–Crippen MR) is 58.0 cm³/mol. The van der Waals surface area contributed by atoms with Crippen LogP contribution < -0.4 is 0 Å². The first-order valence-corrected chi connectivity index (χ1v) is 5.30.